The van der Waals surface area contributed by atoms with Crippen molar-refractivity contribution >= 4 is 20.2 Å². The maximum Gasteiger partial charge on any atom is 0.460 e. The van der Waals surface area contributed by atoms with Gasteiger partial charge in [0.2, 0.25) is 0 Å². The van der Waals surface area contributed by atoms with Crippen LogP contribution in [0.5, 0.6) is 0 Å². The summed E-state index contributed by atoms with van der Waals surface area (Å²) in [5, 5.41) is -14.8. The first-order valence-corrected chi connectivity index (χ1v) is 11.7. The zero-order valence-corrected chi connectivity index (χ0v) is 20.8. The highest BCUT2D eigenvalue weighted by molar-refractivity contribution is 7.87. The van der Waals surface area contributed by atoms with Gasteiger partial charge in [-0.3, -0.25) is 9.11 Å². The first-order chi connectivity index (χ1) is 19.0. The summed E-state index contributed by atoms with van der Waals surface area (Å²) < 4.78 is 376. The fourth-order valence-electron chi connectivity index (χ4n) is 1.83. The third-order valence-corrected chi connectivity index (χ3v) is 6.27. The Kier molecular flexibility index (Phi) is 11.3. The van der Waals surface area contributed by atoms with E-state index in [4.69, 9.17) is 9.11 Å². The second kappa shape index (κ2) is 11.3. The Bertz CT molecular complexity index is 1320. The van der Waals surface area contributed by atoms with Crippen LogP contribution in [-0.2, 0) is 20.2 Å². The van der Waals surface area contributed by atoms with Gasteiger partial charge in [-0.25, -0.2) is 0 Å². The van der Waals surface area contributed by atoms with Crippen molar-refractivity contribution in [3.05, 3.63) is 0 Å². The zero-order valence-electron chi connectivity index (χ0n) is 19.2. The predicted octanol–water partition coefficient (Wildman–Crippen LogP) is 7.14. The maximum absolute atomic E-state index is 13.0. The van der Waals surface area contributed by atoms with Crippen LogP contribution in [0.15, 0.2) is 0 Å². The molecule has 0 bridgehead atoms. The fraction of sp³-hybridized carbons (Fsp3) is 1.00. The van der Waals surface area contributed by atoms with E-state index in [1.807, 2.05) is 0 Å². The van der Waals surface area contributed by atoms with Gasteiger partial charge in [0.15, 0.2) is 0 Å². The molecule has 0 aromatic rings. The van der Waals surface area contributed by atoms with Crippen LogP contribution >= 0.6 is 0 Å². The van der Waals surface area contributed by atoms with Gasteiger partial charge < -0.3 is 0 Å². The summed E-state index contributed by atoms with van der Waals surface area (Å²) in [4.78, 5) is 0. The van der Waals surface area contributed by atoms with Crippen LogP contribution < -0.4 is 0 Å². The van der Waals surface area contributed by atoms with Crippen molar-refractivity contribution in [2.45, 2.75) is 70.2 Å². The van der Waals surface area contributed by atoms with E-state index in [0.717, 1.165) is 0 Å². The molecule has 46 heavy (non-hydrogen) atoms. The van der Waals surface area contributed by atoms with Crippen LogP contribution in [0, 0.1) is 0 Å². The van der Waals surface area contributed by atoms with Gasteiger partial charge in [0.05, 0.1) is 0 Å². The molecular weight excluding hydrogens is 798 g/mol. The van der Waals surface area contributed by atoms with E-state index < -0.39 is 90.5 Å². The molecule has 0 aliphatic heterocycles. The predicted molar refractivity (Wildman–Crippen MR) is 84.7 cm³/mol. The molecule has 0 aromatic carbocycles. The molecule has 0 radical (unpaired) electrons. The lowest BCUT2D eigenvalue weighted by molar-refractivity contribution is -0.458. The summed E-state index contributed by atoms with van der Waals surface area (Å²) in [6.45, 7) is 0. The van der Waals surface area contributed by atoms with Crippen molar-refractivity contribution in [2.24, 2.45) is 0 Å². The molecule has 0 atom stereocenters. The van der Waals surface area contributed by atoms with Crippen molar-refractivity contribution in [2.75, 3.05) is 0 Å². The molecule has 0 heterocycles. The van der Waals surface area contributed by atoms with Crippen molar-refractivity contribution in [1.29, 1.82) is 0 Å². The highest BCUT2D eigenvalue weighted by Gasteiger charge is 2.96. The summed E-state index contributed by atoms with van der Waals surface area (Å²) in [6.07, 6.45) is -15.0. The van der Waals surface area contributed by atoms with Gasteiger partial charge >= 0.3 is 90.5 Å². The Hall–Kier alpha value is -2.00. The van der Waals surface area contributed by atoms with Crippen LogP contribution in [0.4, 0.5) is 114 Å². The van der Waals surface area contributed by atoms with Gasteiger partial charge in [-0.1, -0.05) is 0 Å². The Morgan fingerprint density at radius 1 is 0.261 bits per heavy atom. The SMILES string of the molecule is O=S(=O)(O)C(F)(F)C(F)(F)C(F)(F)C(F)(F)C(F)(F)C(F)(F)C(F)(F)C(F)(F)F.O=S(=O)(O)C(F)(F)C(F)(F)C(F)(F)C(F)(F)F. The van der Waals surface area contributed by atoms with Gasteiger partial charge in [-0.2, -0.15) is 131 Å². The number of alkyl halides is 26. The first-order valence-electron chi connectivity index (χ1n) is 8.85. The van der Waals surface area contributed by atoms with Crippen LogP contribution in [-0.4, -0.2) is 96.2 Å². The van der Waals surface area contributed by atoms with E-state index >= 15 is 0 Å². The van der Waals surface area contributed by atoms with Gasteiger partial charge in [0.1, 0.15) is 0 Å². The van der Waals surface area contributed by atoms with Crippen molar-refractivity contribution in [3.63, 3.8) is 0 Å². The first kappa shape index (κ1) is 46.1. The lowest BCUT2D eigenvalue weighted by Crippen LogP contribution is -2.74. The normalized spacial score (nSPS) is 16.6. The van der Waals surface area contributed by atoms with Gasteiger partial charge in [0.25, 0.3) is 0 Å². The molecule has 2 N–H and O–H groups in total. The van der Waals surface area contributed by atoms with Crippen LogP contribution in [0.2, 0.25) is 0 Å². The van der Waals surface area contributed by atoms with Crippen molar-refractivity contribution < 1.29 is 140 Å². The molecule has 34 heteroatoms. The second-order valence-corrected chi connectivity index (χ2v) is 10.5. The van der Waals surface area contributed by atoms with E-state index in [1.54, 1.807) is 0 Å². The summed E-state index contributed by atoms with van der Waals surface area (Å²) >= 11 is 0. The third-order valence-electron chi connectivity index (χ3n) is 4.46. The topological polar surface area (TPSA) is 109 Å². The quantitative estimate of drug-likeness (QED) is 0.180. The highest BCUT2D eigenvalue weighted by Crippen LogP contribution is 2.64. The average Bonchev–Trinajstić information content (AvgIpc) is 2.75. The molecule has 0 aliphatic rings. The third kappa shape index (κ3) is 6.28. The Labute approximate surface area is 231 Å². The second-order valence-electron chi connectivity index (χ2n) is 7.57. The minimum Gasteiger partial charge on any atom is -0.281 e. The zero-order chi connectivity index (χ0) is 39.0. The molecular formula is C12H2F26O6S2. The summed E-state index contributed by atoms with van der Waals surface area (Å²) in [5.74, 6) is -66.7. The summed E-state index contributed by atoms with van der Waals surface area (Å²) in [7, 11) is -15.1. The van der Waals surface area contributed by atoms with Gasteiger partial charge in [-0.15, -0.1) is 0 Å². The molecule has 0 saturated heterocycles. The fourth-order valence-corrected chi connectivity index (χ4v) is 2.74. The van der Waals surface area contributed by atoms with E-state index in [0.29, 0.717) is 0 Å². The lowest BCUT2D eigenvalue weighted by atomic mass is 9.91. The number of halogens is 26. The van der Waals surface area contributed by atoms with Crippen molar-refractivity contribution in [1.82, 2.24) is 0 Å². The van der Waals surface area contributed by atoms with E-state index in [9.17, 15) is 131 Å². The van der Waals surface area contributed by atoms with Crippen molar-refractivity contribution in [3.8, 4) is 0 Å². The number of hydrogen-bond donors (Lipinski definition) is 2. The summed E-state index contributed by atoms with van der Waals surface area (Å²) in [5.41, 5.74) is 0. The van der Waals surface area contributed by atoms with Crippen LogP contribution in [0.25, 0.3) is 0 Å². The molecule has 0 aliphatic carbocycles. The minimum atomic E-state index is -8.89. The molecule has 0 rings (SSSR count). The number of rotatable bonds is 10. The number of hydrogen-bond acceptors (Lipinski definition) is 4. The van der Waals surface area contributed by atoms with Crippen LogP contribution in [0.1, 0.15) is 0 Å². The summed E-state index contributed by atoms with van der Waals surface area (Å²) in [6, 6.07) is 0. The Morgan fingerprint density at radius 3 is 0.565 bits per heavy atom. The lowest BCUT2D eigenvalue weighted by Gasteiger charge is -2.42. The Balaban J connectivity index is 0. The van der Waals surface area contributed by atoms with Gasteiger partial charge in [0, 0.05) is 0 Å². The largest absolute Gasteiger partial charge is 0.460 e. The average molecular weight is 800 g/mol. The molecule has 0 unspecified atom stereocenters. The maximum atomic E-state index is 13.0. The van der Waals surface area contributed by atoms with E-state index in [2.05, 4.69) is 0 Å². The minimum absolute atomic E-state index is 7.00. The molecule has 6 nitrogen and oxygen atoms in total. The highest BCUT2D eigenvalue weighted by atomic mass is 32.2. The monoisotopic (exact) mass is 800 g/mol. The van der Waals surface area contributed by atoms with E-state index in [1.165, 1.54) is 0 Å². The smallest absolute Gasteiger partial charge is 0.281 e. The molecule has 280 valence electrons. The molecule has 0 saturated carbocycles. The molecule has 0 spiro atoms. The molecule has 0 aromatic heterocycles. The van der Waals surface area contributed by atoms with Crippen LogP contribution in [0.3, 0.4) is 0 Å². The van der Waals surface area contributed by atoms with Gasteiger partial charge in [-0.05, 0) is 0 Å². The standard InChI is InChI=1S/C8HF17O3S.C4HF9O3S/c9-1(10,3(13,14)5(17,18)7(21,22)23)2(11,12)4(15,16)6(19,20)8(24,25)29(26,27)28;5-1(6,3(9,10)11)2(7,8)4(12,13)17(14,15)16/h(H,26,27,28);(H,14,15,16). The Morgan fingerprint density at radius 2 is 0.391 bits per heavy atom. The van der Waals surface area contributed by atoms with E-state index in [-0.39, 0.29) is 0 Å². The molecule has 0 fully saturated rings. The molecule has 0 amide bonds.